The van der Waals surface area contributed by atoms with Crippen molar-refractivity contribution in [1.29, 1.82) is 0 Å². The maximum absolute atomic E-state index is 8.24. The molecule has 2 rings (SSSR count). The van der Waals surface area contributed by atoms with Crippen LogP contribution in [0.2, 0.25) is 0 Å². The lowest BCUT2D eigenvalue weighted by atomic mass is 10.1. The Hall–Kier alpha value is -2.06. The zero-order valence-electron chi connectivity index (χ0n) is 7.46. The summed E-state index contributed by atoms with van der Waals surface area (Å²) < 4.78 is 0. The third-order valence-electron chi connectivity index (χ3n) is 2.04. The second-order valence-corrected chi connectivity index (χ2v) is 2.88. The van der Waals surface area contributed by atoms with Crippen LogP contribution < -0.4 is 0 Å². The van der Waals surface area contributed by atoms with Gasteiger partial charge in [0.2, 0.25) is 0 Å². The first kappa shape index (κ1) is 8.53. The van der Waals surface area contributed by atoms with E-state index in [-0.39, 0.29) is 0 Å². The van der Waals surface area contributed by atoms with Crippen LogP contribution in [0.25, 0.3) is 21.3 Å². The van der Waals surface area contributed by atoms with Crippen molar-refractivity contribution in [3.05, 3.63) is 52.5 Å². The molecular formula is C10H8N4. The molecular weight excluding hydrogens is 176 g/mol. The van der Waals surface area contributed by atoms with Crippen LogP contribution in [0.4, 0.5) is 0 Å². The summed E-state index contributed by atoms with van der Waals surface area (Å²) >= 11 is 0. The molecule has 2 aromatic rings. The van der Waals surface area contributed by atoms with E-state index in [2.05, 4.69) is 15.0 Å². The van der Waals surface area contributed by atoms with Gasteiger partial charge >= 0.3 is 0 Å². The molecule has 0 aliphatic rings. The second-order valence-electron chi connectivity index (χ2n) is 2.88. The van der Waals surface area contributed by atoms with Gasteiger partial charge in [-0.2, -0.15) is 0 Å². The fraction of sp³-hybridized carbons (Fsp3) is 0.100. The minimum atomic E-state index is 0.375. The lowest BCUT2D eigenvalue weighted by Crippen LogP contribution is -1.85. The molecule has 1 heterocycles. The van der Waals surface area contributed by atoms with Gasteiger partial charge in [-0.25, -0.2) is 0 Å². The Bertz CT molecular complexity index is 495. The molecule has 0 spiro atoms. The number of hydrogen-bond acceptors (Lipinski definition) is 2. The van der Waals surface area contributed by atoms with E-state index in [0.29, 0.717) is 6.54 Å². The van der Waals surface area contributed by atoms with Crippen molar-refractivity contribution in [3.63, 3.8) is 0 Å². The molecule has 0 N–H and O–H groups in total. The number of aromatic nitrogens is 1. The van der Waals surface area contributed by atoms with Crippen LogP contribution in [0.5, 0.6) is 0 Å². The highest BCUT2D eigenvalue weighted by Gasteiger charge is 1.98. The summed E-state index contributed by atoms with van der Waals surface area (Å²) in [6, 6.07) is 9.67. The first-order valence-electron chi connectivity index (χ1n) is 4.25. The zero-order valence-corrected chi connectivity index (χ0v) is 7.46. The van der Waals surface area contributed by atoms with Crippen LogP contribution >= 0.6 is 0 Å². The maximum Gasteiger partial charge on any atom is 0.0704 e. The van der Waals surface area contributed by atoms with Crippen LogP contribution in [-0.2, 0) is 6.54 Å². The van der Waals surface area contributed by atoms with Crippen molar-refractivity contribution in [2.75, 3.05) is 0 Å². The van der Waals surface area contributed by atoms with E-state index in [4.69, 9.17) is 5.53 Å². The van der Waals surface area contributed by atoms with E-state index in [0.717, 1.165) is 16.5 Å². The van der Waals surface area contributed by atoms with Gasteiger partial charge < -0.3 is 0 Å². The quantitative estimate of drug-likeness (QED) is 0.402. The summed E-state index contributed by atoms with van der Waals surface area (Å²) in [6.07, 6.45) is 1.73. The predicted octanol–water partition coefficient (Wildman–Crippen LogP) is 3.05. The molecule has 0 fully saturated rings. The van der Waals surface area contributed by atoms with E-state index >= 15 is 0 Å². The molecule has 68 valence electrons. The second kappa shape index (κ2) is 3.77. The maximum atomic E-state index is 8.24. The molecule has 0 saturated carbocycles. The molecule has 0 bridgehead atoms. The van der Waals surface area contributed by atoms with E-state index in [1.807, 2.05) is 30.3 Å². The van der Waals surface area contributed by atoms with E-state index < -0.39 is 0 Å². The van der Waals surface area contributed by atoms with Gasteiger partial charge in [-0.15, -0.1) is 0 Å². The summed E-state index contributed by atoms with van der Waals surface area (Å²) in [6.45, 7) is 0.375. The van der Waals surface area contributed by atoms with Gasteiger partial charge in [-0.3, -0.25) is 4.98 Å². The van der Waals surface area contributed by atoms with Gasteiger partial charge in [-0.1, -0.05) is 23.3 Å². The average molecular weight is 184 g/mol. The summed E-state index contributed by atoms with van der Waals surface area (Å²) in [5, 5.41) is 4.59. The first-order chi connectivity index (χ1) is 6.92. The Morgan fingerprint density at radius 3 is 3.00 bits per heavy atom. The standard InChI is InChI=1S/C10H8N4/c11-14-13-7-8-5-6-12-10-4-2-1-3-9(8)10/h1-6H,7H2. The Morgan fingerprint density at radius 1 is 1.29 bits per heavy atom. The first-order valence-corrected chi connectivity index (χ1v) is 4.25. The molecule has 4 heteroatoms. The molecule has 0 amide bonds. The molecule has 0 saturated heterocycles. The SMILES string of the molecule is [N-]=[N+]=NCc1ccnc2ccccc12. The summed E-state index contributed by atoms with van der Waals surface area (Å²) in [4.78, 5) is 6.96. The molecule has 1 aromatic carbocycles. The Kier molecular flexibility index (Phi) is 2.30. The number of hydrogen-bond donors (Lipinski definition) is 0. The van der Waals surface area contributed by atoms with Gasteiger partial charge in [0.15, 0.2) is 0 Å². The van der Waals surface area contributed by atoms with Crippen LogP contribution in [-0.4, -0.2) is 4.98 Å². The lowest BCUT2D eigenvalue weighted by molar-refractivity contribution is 1.06. The normalized spacial score (nSPS) is 9.71. The molecule has 0 unspecified atom stereocenters. The molecule has 0 atom stereocenters. The number of rotatable bonds is 2. The molecule has 0 aliphatic heterocycles. The van der Waals surface area contributed by atoms with Crippen molar-refractivity contribution >= 4 is 10.9 Å². The van der Waals surface area contributed by atoms with Crippen LogP contribution in [0, 0.1) is 0 Å². The van der Waals surface area contributed by atoms with Crippen molar-refractivity contribution in [2.45, 2.75) is 6.54 Å². The van der Waals surface area contributed by atoms with E-state index in [9.17, 15) is 0 Å². The third kappa shape index (κ3) is 1.51. The Morgan fingerprint density at radius 2 is 2.14 bits per heavy atom. The van der Waals surface area contributed by atoms with Gasteiger partial charge in [-0.05, 0) is 23.2 Å². The van der Waals surface area contributed by atoms with Gasteiger partial charge in [0.25, 0.3) is 0 Å². The van der Waals surface area contributed by atoms with Crippen molar-refractivity contribution in [1.82, 2.24) is 4.98 Å². The number of pyridine rings is 1. The predicted molar refractivity (Wildman–Crippen MR) is 54.6 cm³/mol. The zero-order chi connectivity index (χ0) is 9.80. The summed E-state index contributed by atoms with van der Waals surface area (Å²) in [7, 11) is 0. The van der Waals surface area contributed by atoms with Gasteiger partial charge in [0.05, 0.1) is 12.1 Å². The van der Waals surface area contributed by atoms with Crippen molar-refractivity contribution in [2.24, 2.45) is 5.11 Å². The van der Waals surface area contributed by atoms with E-state index in [1.54, 1.807) is 6.20 Å². The number of benzene rings is 1. The lowest BCUT2D eigenvalue weighted by Gasteiger charge is -2.01. The van der Waals surface area contributed by atoms with Crippen LogP contribution in [0.3, 0.4) is 0 Å². The average Bonchev–Trinajstić information content (AvgIpc) is 2.26. The van der Waals surface area contributed by atoms with Crippen LogP contribution in [0.15, 0.2) is 41.6 Å². The number of para-hydroxylation sites is 1. The number of fused-ring (bicyclic) bond motifs is 1. The molecule has 1 aromatic heterocycles. The highest BCUT2D eigenvalue weighted by atomic mass is 15.1. The topological polar surface area (TPSA) is 61.7 Å². The third-order valence-corrected chi connectivity index (χ3v) is 2.04. The van der Waals surface area contributed by atoms with Crippen molar-refractivity contribution < 1.29 is 0 Å². The number of nitrogens with zero attached hydrogens (tertiary/aromatic N) is 4. The summed E-state index contributed by atoms with van der Waals surface area (Å²) in [5.74, 6) is 0. The summed E-state index contributed by atoms with van der Waals surface area (Å²) in [5.41, 5.74) is 10.2. The fourth-order valence-electron chi connectivity index (χ4n) is 1.40. The van der Waals surface area contributed by atoms with E-state index in [1.165, 1.54) is 0 Å². The Labute approximate surface area is 80.8 Å². The highest BCUT2D eigenvalue weighted by molar-refractivity contribution is 5.81. The smallest absolute Gasteiger partial charge is 0.0704 e. The minimum Gasteiger partial charge on any atom is -0.256 e. The molecule has 14 heavy (non-hydrogen) atoms. The van der Waals surface area contributed by atoms with Gasteiger partial charge in [0, 0.05) is 16.5 Å². The largest absolute Gasteiger partial charge is 0.256 e. The molecule has 0 radical (unpaired) electrons. The monoisotopic (exact) mass is 184 g/mol. The highest BCUT2D eigenvalue weighted by Crippen LogP contribution is 2.16. The van der Waals surface area contributed by atoms with Crippen LogP contribution in [0.1, 0.15) is 5.56 Å². The Balaban J connectivity index is 2.58. The van der Waals surface area contributed by atoms with Gasteiger partial charge in [0.1, 0.15) is 0 Å². The molecule has 0 aliphatic carbocycles. The van der Waals surface area contributed by atoms with Crippen molar-refractivity contribution in [3.8, 4) is 0 Å². The number of azide groups is 1. The fourth-order valence-corrected chi connectivity index (χ4v) is 1.40. The molecule has 4 nitrogen and oxygen atoms in total. The minimum absolute atomic E-state index is 0.375.